The van der Waals surface area contributed by atoms with Gasteiger partial charge in [-0.15, -0.1) is 5.92 Å². The van der Waals surface area contributed by atoms with Gasteiger partial charge in [-0.1, -0.05) is 5.92 Å². The van der Waals surface area contributed by atoms with E-state index in [0.29, 0.717) is 5.54 Å². The van der Waals surface area contributed by atoms with E-state index in [-0.39, 0.29) is 0 Å². The summed E-state index contributed by atoms with van der Waals surface area (Å²) in [6.07, 6.45) is 4.08. The molecule has 1 saturated heterocycles. The van der Waals surface area contributed by atoms with Gasteiger partial charge in [0.05, 0.1) is 6.54 Å². The minimum absolute atomic E-state index is 0.353. The van der Waals surface area contributed by atoms with Crippen LogP contribution in [0, 0.1) is 17.8 Å². The van der Waals surface area contributed by atoms with Crippen LogP contribution in [0.25, 0.3) is 0 Å². The number of rotatable bonds is 2. The van der Waals surface area contributed by atoms with E-state index in [1.807, 2.05) is 6.92 Å². The van der Waals surface area contributed by atoms with Gasteiger partial charge in [0, 0.05) is 18.6 Å². The van der Waals surface area contributed by atoms with Gasteiger partial charge in [0.15, 0.2) is 0 Å². The third kappa shape index (κ3) is 2.74. The molecule has 1 N–H and O–H groups in total. The standard InChI is InChI=1S/C13H22N2/c1-3-4-9-15-10-5-8-14-13(2,11-15)12-6-7-12/h12,14H,5-11H2,1-2H3. The van der Waals surface area contributed by atoms with E-state index < -0.39 is 0 Å². The van der Waals surface area contributed by atoms with Crippen molar-refractivity contribution in [3.8, 4) is 11.8 Å². The molecule has 0 aromatic rings. The van der Waals surface area contributed by atoms with E-state index in [1.54, 1.807) is 0 Å². The van der Waals surface area contributed by atoms with Crippen molar-refractivity contribution in [3.05, 3.63) is 0 Å². The highest BCUT2D eigenvalue weighted by atomic mass is 15.2. The first kappa shape index (κ1) is 11.0. The van der Waals surface area contributed by atoms with Crippen molar-refractivity contribution < 1.29 is 0 Å². The lowest BCUT2D eigenvalue weighted by Gasteiger charge is -2.33. The third-order valence-electron chi connectivity index (χ3n) is 3.69. The quantitative estimate of drug-likeness (QED) is 0.688. The Kier molecular flexibility index (Phi) is 3.33. The van der Waals surface area contributed by atoms with Crippen LogP contribution < -0.4 is 5.32 Å². The predicted molar refractivity (Wildman–Crippen MR) is 63.6 cm³/mol. The maximum atomic E-state index is 3.74. The van der Waals surface area contributed by atoms with Crippen LogP contribution in [-0.2, 0) is 0 Å². The molecule has 0 aromatic carbocycles. The highest BCUT2D eigenvalue weighted by molar-refractivity contribution is 5.04. The predicted octanol–water partition coefficient (Wildman–Crippen LogP) is 1.47. The van der Waals surface area contributed by atoms with Gasteiger partial charge < -0.3 is 5.32 Å². The topological polar surface area (TPSA) is 15.3 Å². The van der Waals surface area contributed by atoms with Crippen molar-refractivity contribution in [2.45, 2.75) is 38.6 Å². The number of hydrogen-bond acceptors (Lipinski definition) is 2. The van der Waals surface area contributed by atoms with Crippen LogP contribution >= 0.6 is 0 Å². The highest BCUT2D eigenvalue weighted by Crippen LogP contribution is 2.40. The minimum Gasteiger partial charge on any atom is -0.310 e. The normalized spacial score (nSPS) is 32.9. The fourth-order valence-electron chi connectivity index (χ4n) is 2.60. The van der Waals surface area contributed by atoms with Gasteiger partial charge in [-0.25, -0.2) is 0 Å². The van der Waals surface area contributed by atoms with Gasteiger partial charge in [0.2, 0.25) is 0 Å². The highest BCUT2D eigenvalue weighted by Gasteiger charge is 2.42. The summed E-state index contributed by atoms with van der Waals surface area (Å²) in [5.74, 6) is 7.10. The summed E-state index contributed by atoms with van der Waals surface area (Å²) in [6.45, 7) is 8.80. The molecule has 1 unspecified atom stereocenters. The van der Waals surface area contributed by atoms with E-state index in [2.05, 4.69) is 29.0 Å². The molecule has 2 heteroatoms. The molecule has 84 valence electrons. The van der Waals surface area contributed by atoms with Gasteiger partial charge in [-0.2, -0.15) is 0 Å². The zero-order valence-corrected chi connectivity index (χ0v) is 9.97. The molecule has 2 fully saturated rings. The first-order chi connectivity index (χ1) is 7.24. The Morgan fingerprint density at radius 2 is 2.27 bits per heavy atom. The Morgan fingerprint density at radius 3 is 2.93 bits per heavy atom. The van der Waals surface area contributed by atoms with Crippen molar-refractivity contribution >= 4 is 0 Å². The van der Waals surface area contributed by atoms with Gasteiger partial charge >= 0.3 is 0 Å². The minimum atomic E-state index is 0.353. The Hall–Kier alpha value is -0.520. The Balaban J connectivity index is 1.97. The molecular formula is C13H22N2. The first-order valence-corrected chi connectivity index (χ1v) is 6.11. The molecule has 2 rings (SSSR count). The van der Waals surface area contributed by atoms with Gasteiger partial charge in [0.1, 0.15) is 0 Å². The lowest BCUT2D eigenvalue weighted by atomic mass is 9.95. The molecule has 1 aliphatic carbocycles. The molecule has 2 aliphatic rings. The fraction of sp³-hybridized carbons (Fsp3) is 0.846. The van der Waals surface area contributed by atoms with Crippen LogP contribution in [0.1, 0.15) is 33.1 Å². The number of hydrogen-bond donors (Lipinski definition) is 1. The van der Waals surface area contributed by atoms with Crippen LogP contribution in [0.3, 0.4) is 0 Å². The second-order valence-electron chi connectivity index (χ2n) is 5.11. The maximum absolute atomic E-state index is 3.74. The summed E-state index contributed by atoms with van der Waals surface area (Å²) in [7, 11) is 0. The largest absolute Gasteiger partial charge is 0.310 e. The lowest BCUT2D eigenvalue weighted by Crippen LogP contribution is -2.50. The van der Waals surface area contributed by atoms with Crippen molar-refractivity contribution in [2.24, 2.45) is 5.92 Å². The molecule has 1 heterocycles. The molecule has 2 nitrogen and oxygen atoms in total. The van der Waals surface area contributed by atoms with Gasteiger partial charge in [-0.05, 0) is 45.6 Å². The lowest BCUT2D eigenvalue weighted by molar-refractivity contribution is 0.218. The molecule has 0 spiro atoms. The van der Waals surface area contributed by atoms with Crippen molar-refractivity contribution in [2.75, 3.05) is 26.2 Å². The molecule has 15 heavy (non-hydrogen) atoms. The van der Waals surface area contributed by atoms with E-state index in [1.165, 1.54) is 38.9 Å². The monoisotopic (exact) mass is 206 g/mol. The molecule has 1 aliphatic heterocycles. The molecule has 0 radical (unpaired) electrons. The average Bonchev–Trinajstić information content (AvgIpc) is 3.01. The zero-order valence-electron chi connectivity index (χ0n) is 9.97. The number of nitrogens with zero attached hydrogens (tertiary/aromatic N) is 1. The summed E-state index contributed by atoms with van der Waals surface area (Å²) < 4.78 is 0. The van der Waals surface area contributed by atoms with Crippen LogP contribution in [0.4, 0.5) is 0 Å². The Labute approximate surface area is 93.4 Å². The molecule has 0 aromatic heterocycles. The first-order valence-electron chi connectivity index (χ1n) is 6.11. The zero-order chi connectivity index (χ0) is 10.7. The molecule has 1 atom stereocenters. The third-order valence-corrected chi connectivity index (χ3v) is 3.69. The summed E-state index contributed by atoms with van der Waals surface area (Å²) in [6, 6.07) is 0. The second-order valence-corrected chi connectivity index (χ2v) is 5.11. The summed E-state index contributed by atoms with van der Waals surface area (Å²) in [5.41, 5.74) is 0.353. The van der Waals surface area contributed by atoms with E-state index in [9.17, 15) is 0 Å². The van der Waals surface area contributed by atoms with Crippen LogP contribution in [0.2, 0.25) is 0 Å². The Bertz CT molecular complexity index is 272. The SMILES string of the molecule is CC#CCN1CCCNC(C)(C2CC2)C1. The van der Waals surface area contributed by atoms with Crippen molar-refractivity contribution in [1.29, 1.82) is 0 Å². The van der Waals surface area contributed by atoms with Crippen LogP contribution in [0.15, 0.2) is 0 Å². The smallest absolute Gasteiger partial charge is 0.0602 e. The number of nitrogens with one attached hydrogen (secondary N) is 1. The molecule has 0 amide bonds. The second kappa shape index (κ2) is 4.55. The molecule has 0 bridgehead atoms. The van der Waals surface area contributed by atoms with Crippen molar-refractivity contribution in [3.63, 3.8) is 0 Å². The van der Waals surface area contributed by atoms with Crippen LogP contribution in [-0.4, -0.2) is 36.6 Å². The van der Waals surface area contributed by atoms with E-state index in [0.717, 1.165) is 12.5 Å². The molecule has 1 saturated carbocycles. The molecular weight excluding hydrogens is 184 g/mol. The van der Waals surface area contributed by atoms with Crippen molar-refractivity contribution in [1.82, 2.24) is 10.2 Å². The van der Waals surface area contributed by atoms with Crippen LogP contribution in [0.5, 0.6) is 0 Å². The summed E-state index contributed by atoms with van der Waals surface area (Å²) >= 11 is 0. The summed E-state index contributed by atoms with van der Waals surface area (Å²) in [5, 5.41) is 3.74. The van der Waals surface area contributed by atoms with E-state index >= 15 is 0 Å². The summed E-state index contributed by atoms with van der Waals surface area (Å²) in [4.78, 5) is 2.51. The van der Waals surface area contributed by atoms with Gasteiger partial charge in [-0.3, -0.25) is 4.90 Å². The fourth-order valence-corrected chi connectivity index (χ4v) is 2.60. The Morgan fingerprint density at radius 1 is 1.47 bits per heavy atom. The van der Waals surface area contributed by atoms with E-state index in [4.69, 9.17) is 0 Å². The maximum Gasteiger partial charge on any atom is 0.0602 e. The average molecular weight is 206 g/mol. The van der Waals surface area contributed by atoms with Gasteiger partial charge in [0.25, 0.3) is 0 Å².